The number of aromatic nitrogens is 2. The maximum Gasteiger partial charge on any atom is 0.262 e. The van der Waals surface area contributed by atoms with E-state index in [1.165, 1.54) is 0 Å². The molecule has 0 saturated carbocycles. The first-order chi connectivity index (χ1) is 8.75. The van der Waals surface area contributed by atoms with Crippen molar-refractivity contribution in [3.63, 3.8) is 0 Å². The Hall–Kier alpha value is -1.94. The number of rotatable bonds is 1. The zero-order valence-electron chi connectivity index (χ0n) is 9.35. The smallest absolute Gasteiger partial charge is 0.262 e. The fraction of sp³-hybridized carbons (Fsp3) is 0. The molecule has 3 nitrogen and oxygen atoms in total. The zero-order chi connectivity index (χ0) is 12.5. The average molecular weight is 301 g/mol. The molecular weight excluding hydrogens is 292 g/mol. The van der Waals surface area contributed by atoms with E-state index in [0.717, 1.165) is 22.0 Å². The third-order valence-corrected chi connectivity index (χ3v) is 3.39. The second-order valence-corrected chi connectivity index (χ2v) is 4.80. The average Bonchev–Trinajstić information content (AvgIpc) is 2.41. The molecule has 0 aliphatic carbocycles. The molecule has 1 aromatic carbocycles. The summed E-state index contributed by atoms with van der Waals surface area (Å²) in [6.45, 7) is 0. The Morgan fingerprint density at radius 3 is 2.83 bits per heavy atom. The van der Waals surface area contributed by atoms with Gasteiger partial charge in [-0.3, -0.25) is 9.78 Å². The number of nitrogens with zero attached hydrogens (tertiary/aromatic N) is 1. The highest BCUT2D eigenvalue weighted by atomic mass is 79.9. The van der Waals surface area contributed by atoms with Crippen LogP contribution in [0.3, 0.4) is 0 Å². The van der Waals surface area contributed by atoms with Crippen molar-refractivity contribution in [2.24, 2.45) is 0 Å². The summed E-state index contributed by atoms with van der Waals surface area (Å²) in [7, 11) is 0. The highest BCUT2D eigenvalue weighted by Crippen LogP contribution is 2.26. The third-order valence-electron chi connectivity index (χ3n) is 2.80. The molecule has 0 amide bonds. The number of benzene rings is 1. The Kier molecular flexibility index (Phi) is 2.72. The number of fused-ring (bicyclic) bond motifs is 1. The zero-order valence-corrected chi connectivity index (χ0v) is 10.9. The number of aromatic amines is 1. The molecule has 0 atom stereocenters. The van der Waals surface area contributed by atoms with Gasteiger partial charge in [0.05, 0.1) is 10.2 Å². The lowest BCUT2D eigenvalue weighted by atomic mass is 10.1. The normalized spacial score (nSPS) is 10.7. The molecule has 1 N–H and O–H groups in total. The van der Waals surface area contributed by atoms with Crippen molar-refractivity contribution in [1.82, 2.24) is 9.97 Å². The first kappa shape index (κ1) is 11.2. The van der Waals surface area contributed by atoms with Crippen LogP contribution >= 0.6 is 15.9 Å². The van der Waals surface area contributed by atoms with Gasteiger partial charge in [-0.2, -0.15) is 0 Å². The van der Waals surface area contributed by atoms with Gasteiger partial charge in [0.1, 0.15) is 0 Å². The molecule has 0 fully saturated rings. The van der Waals surface area contributed by atoms with Crippen molar-refractivity contribution < 1.29 is 0 Å². The van der Waals surface area contributed by atoms with Crippen molar-refractivity contribution in [2.75, 3.05) is 0 Å². The molecular formula is C14H9BrN2O. The van der Waals surface area contributed by atoms with Crippen LogP contribution in [0.2, 0.25) is 0 Å². The molecule has 4 heteroatoms. The maximum absolute atomic E-state index is 11.3. The molecule has 0 bridgehead atoms. The molecule has 2 heterocycles. The van der Waals surface area contributed by atoms with Crippen LogP contribution < -0.4 is 5.56 Å². The summed E-state index contributed by atoms with van der Waals surface area (Å²) in [5.41, 5.74) is 1.61. The molecule has 3 rings (SSSR count). The molecule has 0 spiro atoms. The lowest BCUT2D eigenvalue weighted by Gasteiger charge is -2.05. The van der Waals surface area contributed by atoms with Gasteiger partial charge in [-0.1, -0.05) is 24.3 Å². The van der Waals surface area contributed by atoms with E-state index in [0.29, 0.717) is 4.47 Å². The van der Waals surface area contributed by atoms with Crippen LogP contribution in [0.5, 0.6) is 0 Å². The van der Waals surface area contributed by atoms with Crippen molar-refractivity contribution in [1.29, 1.82) is 0 Å². The lowest BCUT2D eigenvalue weighted by molar-refractivity contribution is 1.21. The standard InChI is InChI=1S/C14H9BrN2O/c15-12-7-10(8-17-14(12)18)13-11-4-2-1-3-9(11)5-6-16-13/h1-8H,(H,17,18). The highest BCUT2D eigenvalue weighted by Gasteiger charge is 2.06. The topological polar surface area (TPSA) is 45.8 Å². The van der Waals surface area contributed by atoms with Gasteiger partial charge in [0, 0.05) is 23.3 Å². The Balaban J connectivity index is 2.31. The van der Waals surface area contributed by atoms with Gasteiger partial charge >= 0.3 is 0 Å². The minimum atomic E-state index is -0.140. The summed E-state index contributed by atoms with van der Waals surface area (Å²) in [6, 6.07) is 11.8. The summed E-state index contributed by atoms with van der Waals surface area (Å²) in [4.78, 5) is 18.4. The number of nitrogens with one attached hydrogen (secondary N) is 1. The van der Waals surface area contributed by atoms with E-state index >= 15 is 0 Å². The molecule has 0 radical (unpaired) electrons. The first-order valence-corrected chi connectivity index (χ1v) is 6.27. The van der Waals surface area contributed by atoms with E-state index < -0.39 is 0 Å². The molecule has 0 aliphatic rings. The second-order valence-electron chi connectivity index (χ2n) is 3.95. The monoisotopic (exact) mass is 300 g/mol. The SMILES string of the molecule is O=c1[nH]cc(-c2nccc3ccccc23)cc1Br. The van der Waals surface area contributed by atoms with Gasteiger partial charge in [0.15, 0.2) is 0 Å². The molecule has 0 saturated heterocycles. The number of hydrogen-bond acceptors (Lipinski definition) is 2. The summed E-state index contributed by atoms with van der Waals surface area (Å²) in [5, 5.41) is 2.20. The van der Waals surface area contributed by atoms with Gasteiger partial charge in [-0.05, 0) is 33.4 Å². The minimum Gasteiger partial charge on any atom is -0.327 e. The third kappa shape index (κ3) is 1.84. The highest BCUT2D eigenvalue weighted by molar-refractivity contribution is 9.10. The summed E-state index contributed by atoms with van der Waals surface area (Å²) in [5.74, 6) is 0. The Labute approximate surface area is 112 Å². The van der Waals surface area contributed by atoms with Gasteiger partial charge in [0.2, 0.25) is 0 Å². The van der Waals surface area contributed by atoms with Crippen LogP contribution in [-0.2, 0) is 0 Å². The predicted octanol–water partition coefficient (Wildman–Crippen LogP) is 3.35. The number of pyridine rings is 2. The van der Waals surface area contributed by atoms with E-state index in [2.05, 4.69) is 25.9 Å². The molecule has 88 valence electrons. The van der Waals surface area contributed by atoms with E-state index in [9.17, 15) is 4.79 Å². The van der Waals surface area contributed by atoms with Crippen LogP contribution in [-0.4, -0.2) is 9.97 Å². The van der Waals surface area contributed by atoms with Crippen molar-refractivity contribution in [3.05, 3.63) is 63.6 Å². The maximum atomic E-state index is 11.3. The van der Waals surface area contributed by atoms with Crippen LogP contribution in [0.15, 0.2) is 58.1 Å². The van der Waals surface area contributed by atoms with Crippen LogP contribution in [0.4, 0.5) is 0 Å². The Bertz CT molecular complexity index is 775. The van der Waals surface area contributed by atoms with E-state index in [1.807, 2.05) is 30.3 Å². The summed E-state index contributed by atoms with van der Waals surface area (Å²) < 4.78 is 0.509. The molecule has 18 heavy (non-hydrogen) atoms. The fourth-order valence-electron chi connectivity index (χ4n) is 1.94. The van der Waals surface area contributed by atoms with Crippen LogP contribution in [0.25, 0.3) is 22.0 Å². The minimum absolute atomic E-state index is 0.140. The van der Waals surface area contributed by atoms with Crippen molar-refractivity contribution in [2.45, 2.75) is 0 Å². The quantitative estimate of drug-likeness (QED) is 0.749. The van der Waals surface area contributed by atoms with Gasteiger partial charge < -0.3 is 4.98 Å². The number of halogens is 1. The van der Waals surface area contributed by atoms with Gasteiger partial charge in [-0.15, -0.1) is 0 Å². The summed E-state index contributed by atoms with van der Waals surface area (Å²) in [6.07, 6.45) is 3.46. The van der Waals surface area contributed by atoms with E-state index in [4.69, 9.17) is 0 Å². The second kappa shape index (κ2) is 4.38. The van der Waals surface area contributed by atoms with Crippen LogP contribution in [0, 0.1) is 0 Å². The van der Waals surface area contributed by atoms with Crippen molar-refractivity contribution in [3.8, 4) is 11.3 Å². The summed E-state index contributed by atoms with van der Waals surface area (Å²) >= 11 is 3.24. The molecule has 3 aromatic rings. The van der Waals surface area contributed by atoms with Crippen molar-refractivity contribution >= 4 is 26.7 Å². The Morgan fingerprint density at radius 1 is 1.17 bits per heavy atom. The first-order valence-electron chi connectivity index (χ1n) is 5.48. The largest absolute Gasteiger partial charge is 0.327 e. The predicted molar refractivity (Wildman–Crippen MR) is 75.5 cm³/mol. The molecule has 0 unspecified atom stereocenters. The number of H-pyrrole nitrogens is 1. The molecule has 2 aromatic heterocycles. The number of hydrogen-bond donors (Lipinski definition) is 1. The molecule has 0 aliphatic heterocycles. The lowest BCUT2D eigenvalue weighted by Crippen LogP contribution is -2.05. The Morgan fingerprint density at radius 2 is 2.00 bits per heavy atom. The van der Waals surface area contributed by atoms with Gasteiger partial charge in [0.25, 0.3) is 5.56 Å². The van der Waals surface area contributed by atoms with E-state index in [-0.39, 0.29) is 5.56 Å². The van der Waals surface area contributed by atoms with Crippen LogP contribution in [0.1, 0.15) is 0 Å². The van der Waals surface area contributed by atoms with E-state index in [1.54, 1.807) is 18.5 Å². The van der Waals surface area contributed by atoms with Gasteiger partial charge in [-0.25, -0.2) is 0 Å². The fourth-order valence-corrected chi connectivity index (χ4v) is 2.30.